The van der Waals surface area contributed by atoms with Gasteiger partial charge in [0, 0.05) is 29.8 Å². The number of aromatic nitrogens is 1. The average molecular weight is 304 g/mol. The van der Waals surface area contributed by atoms with Gasteiger partial charge in [0.05, 0.1) is 12.7 Å². The standard InChI is InChI=1S/C17H18ClNO2/c18-14-9-12-6-8-21-17(12)13(10-14)11-16(20)5-4-15-3-1-2-7-19-15/h1-3,7,9-10,16,20H,4-6,8,11H2. The molecule has 3 rings (SSSR count). The molecule has 1 atom stereocenters. The number of benzene rings is 1. The molecule has 3 nitrogen and oxygen atoms in total. The molecular weight excluding hydrogens is 286 g/mol. The second kappa shape index (κ2) is 6.46. The van der Waals surface area contributed by atoms with E-state index in [4.69, 9.17) is 16.3 Å². The van der Waals surface area contributed by atoms with E-state index in [0.717, 1.165) is 35.4 Å². The van der Waals surface area contributed by atoms with E-state index >= 15 is 0 Å². The third kappa shape index (κ3) is 3.55. The third-order valence-corrected chi connectivity index (χ3v) is 3.96. The van der Waals surface area contributed by atoms with Gasteiger partial charge in [0.15, 0.2) is 0 Å². The molecule has 1 aromatic heterocycles. The highest BCUT2D eigenvalue weighted by molar-refractivity contribution is 6.30. The zero-order valence-corrected chi connectivity index (χ0v) is 12.5. The van der Waals surface area contributed by atoms with Crippen LogP contribution in [-0.4, -0.2) is 22.8 Å². The molecule has 0 saturated carbocycles. The monoisotopic (exact) mass is 303 g/mol. The average Bonchev–Trinajstić information content (AvgIpc) is 2.94. The molecule has 0 radical (unpaired) electrons. The summed E-state index contributed by atoms with van der Waals surface area (Å²) >= 11 is 6.14. The molecule has 0 aliphatic carbocycles. The number of aryl methyl sites for hydroxylation is 1. The Kier molecular flexibility index (Phi) is 4.42. The first-order valence-electron chi connectivity index (χ1n) is 7.24. The molecule has 1 N–H and O–H groups in total. The summed E-state index contributed by atoms with van der Waals surface area (Å²) < 4.78 is 5.67. The Morgan fingerprint density at radius 1 is 1.33 bits per heavy atom. The number of halogens is 1. The van der Waals surface area contributed by atoms with E-state index in [1.165, 1.54) is 0 Å². The van der Waals surface area contributed by atoms with Crippen molar-refractivity contribution in [1.29, 1.82) is 0 Å². The molecule has 110 valence electrons. The van der Waals surface area contributed by atoms with Crippen molar-refractivity contribution in [3.63, 3.8) is 0 Å². The maximum atomic E-state index is 10.3. The second-order valence-electron chi connectivity index (χ2n) is 5.37. The van der Waals surface area contributed by atoms with Crippen molar-refractivity contribution in [3.8, 4) is 5.75 Å². The van der Waals surface area contributed by atoms with Gasteiger partial charge in [0.25, 0.3) is 0 Å². The number of rotatable bonds is 5. The summed E-state index contributed by atoms with van der Waals surface area (Å²) in [7, 11) is 0. The van der Waals surface area contributed by atoms with Crippen LogP contribution in [-0.2, 0) is 19.3 Å². The number of nitrogens with zero attached hydrogens (tertiary/aromatic N) is 1. The van der Waals surface area contributed by atoms with Gasteiger partial charge in [-0.15, -0.1) is 0 Å². The van der Waals surface area contributed by atoms with Crippen molar-refractivity contribution in [2.75, 3.05) is 6.61 Å². The number of fused-ring (bicyclic) bond motifs is 1. The highest BCUT2D eigenvalue weighted by Crippen LogP contribution is 2.33. The van der Waals surface area contributed by atoms with E-state index < -0.39 is 6.10 Å². The molecule has 1 aliphatic rings. The lowest BCUT2D eigenvalue weighted by Crippen LogP contribution is -2.12. The number of hydrogen-bond donors (Lipinski definition) is 1. The molecule has 0 fully saturated rings. The molecule has 1 aliphatic heterocycles. The molecule has 4 heteroatoms. The van der Waals surface area contributed by atoms with Crippen LogP contribution in [0.5, 0.6) is 5.75 Å². The maximum Gasteiger partial charge on any atom is 0.126 e. The first-order chi connectivity index (χ1) is 10.2. The number of aliphatic hydroxyl groups excluding tert-OH is 1. The van der Waals surface area contributed by atoms with Crippen LogP contribution < -0.4 is 4.74 Å². The lowest BCUT2D eigenvalue weighted by molar-refractivity contribution is 0.163. The second-order valence-corrected chi connectivity index (χ2v) is 5.81. The van der Waals surface area contributed by atoms with Crippen LogP contribution in [0.1, 0.15) is 23.2 Å². The molecule has 0 bridgehead atoms. The van der Waals surface area contributed by atoms with Crippen molar-refractivity contribution in [1.82, 2.24) is 4.98 Å². The molecule has 0 saturated heterocycles. The van der Waals surface area contributed by atoms with Crippen LogP contribution in [0.3, 0.4) is 0 Å². The quantitative estimate of drug-likeness (QED) is 0.922. The SMILES string of the molecule is OC(CCc1ccccn1)Cc1cc(Cl)cc2c1OCC2. The van der Waals surface area contributed by atoms with E-state index in [9.17, 15) is 5.11 Å². The highest BCUT2D eigenvalue weighted by Gasteiger charge is 2.19. The van der Waals surface area contributed by atoms with Crippen molar-refractivity contribution in [2.45, 2.75) is 31.8 Å². The summed E-state index contributed by atoms with van der Waals surface area (Å²) in [5.74, 6) is 0.913. The first-order valence-corrected chi connectivity index (χ1v) is 7.62. The highest BCUT2D eigenvalue weighted by atomic mass is 35.5. The fourth-order valence-electron chi connectivity index (χ4n) is 2.71. The molecule has 2 heterocycles. The van der Waals surface area contributed by atoms with Gasteiger partial charge >= 0.3 is 0 Å². The number of ether oxygens (including phenoxy) is 1. The summed E-state index contributed by atoms with van der Waals surface area (Å²) in [5.41, 5.74) is 3.15. The Labute approximate surface area is 129 Å². The molecule has 1 aromatic carbocycles. The summed E-state index contributed by atoms with van der Waals surface area (Å²) in [6.07, 6.45) is 4.27. The fraction of sp³-hybridized carbons (Fsp3) is 0.353. The summed E-state index contributed by atoms with van der Waals surface area (Å²) in [4.78, 5) is 4.27. The van der Waals surface area contributed by atoms with E-state index in [0.29, 0.717) is 24.5 Å². The molecule has 0 spiro atoms. The van der Waals surface area contributed by atoms with Crippen molar-refractivity contribution in [3.05, 3.63) is 58.4 Å². The largest absolute Gasteiger partial charge is 0.493 e. The van der Waals surface area contributed by atoms with Crippen molar-refractivity contribution in [2.24, 2.45) is 0 Å². The zero-order chi connectivity index (χ0) is 14.7. The normalized spacial score (nSPS) is 14.6. The predicted octanol–water partition coefficient (Wildman–Crippen LogP) is 3.21. The van der Waals surface area contributed by atoms with Gasteiger partial charge in [-0.2, -0.15) is 0 Å². The van der Waals surface area contributed by atoms with Crippen LogP contribution in [0.15, 0.2) is 36.5 Å². The molecule has 0 amide bonds. The minimum Gasteiger partial charge on any atom is -0.493 e. The lowest BCUT2D eigenvalue weighted by atomic mass is 10.00. The summed E-state index contributed by atoms with van der Waals surface area (Å²) in [6, 6.07) is 9.69. The predicted molar refractivity (Wildman–Crippen MR) is 82.9 cm³/mol. The van der Waals surface area contributed by atoms with E-state index in [-0.39, 0.29) is 0 Å². The van der Waals surface area contributed by atoms with Gasteiger partial charge in [0.2, 0.25) is 0 Å². The maximum absolute atomic E-state index is 10.3. The van der Waals surface area contributed by atoms with Crippen LogP contribution in [0.2, 0.25) is 5.02 Å². The van der Waals surface area contributed by atoms with Gasteiger partial charge in [-0.25, -0.2) is 0 Å². The number of pyridine rings is 1. The lowest BCUT2D eigenvalue weighted by Gasteiger charge is -2.13. The molecular formula is C17H18ClNO2. The van der Waals surface area contributed by atoms with Gasteiger partial charge in [0.1, 0.15) is 5.75 Å². The first kappa shape index (κ1) is 14.4. The Hall–Kier alpha value is -1.58. The van der Waals surface area contributed by atoms with Gasteiger partial charge < -0.3 is 9.84 Å². The van der Waals surface area contributed by atoms with E-state index in [1.54, 1.807) is 6.20 Å². The zero-order valence-electron chi connectivity index (χ0n) is 11.8. The summed E-state index contributed by atoms with van der Waals surface area (Å²) in [5, 5.41) is 11.0. The van der Waals surface area contributed by atoms with Gasteiger partial charge in [-0.1, -0.05) is 17.7 Å². The Balaban J connectivity index is 1.64. The third-order valence-electron chi connectivity index (χ3n) is 3.74. The molecule has 21 heavy (non-hydrogen) atoms. The Morgan fingerprint density at radius 3 is 3.05 bits per heavy atom. The van der Waals surface area contributed by atoms with E-state index in [2.05, 4.69) is 4.98 Å². The van der Waals surface area contributed by atoms with Crippen LogP contribution in [0, 0.1) is 0 Å². The smallest absolute Gasteiger partial charge is 0.126 e. The number of hydrogen-bond acceptors (Lipinski definition) is 3. The van der Waals surface area contributed by atoms with Crippen molar-refractivity contribution >= 4 is 11.6 Å². The topological polar surface area (TPSA) is 42.4 Å². The van der Waals surface area contributed by atoms with Crippen LogP contribution >= 0.6 is 11.6 Å². The van der Waals surface area contributed by atoms with Crippen molar-refractivity contribution < 1.29 is 9.84 Å². The van der Waals surface area contributed by atoms with E-state index in [1.807, 2.05) is 30.3 Å². The Morgan fingerprint density at radius 2 is 2.24 bits per heavy atom. The van der Waals surface area contributed by atoms with Crippen LogP contribution in [0.4, 0.5) is 0 Å². The molecule has 2 aromatic rings. The number of aliphatic hydroxyl groups is 1. The minimum atomic E-state index is -0.418. The molecule has 1 unspecified atom stereocenters. The fourth-order valence-corrected chi connectivity index (χ4v) is 2.98. The van der Waals surface area contributed by atoms with Gasteiger partial charge in [-0.05, 0) is 48.2 Å². The van der Waals surface area contributed by atoms with Gasteiger partial charge in [-0.3, -0.25) is 4.98 Å². The summed E-state index contributed by atoms with van der Waals surface area (Å²) in [6.45, 7) is 0.701. The van der Waals surface area contributed by atoms with Crippen LogP contribution in [0.25, 0.3) is 0 Å². The Bertz CT molecular complexity index is 616. The minimum absolute atomic E-state index is 0.418.